The molecule has 0 amide bonds. The summed E-state index contributed by atoms with van der Waals surface area (Å²) in [6, 6.07) is 10.4. The number of carbonyl (C=O) groups excluding carboxylic acids is 2. The van der Waals surface area contributed by atoms with Crippen molar-refractivity contribution in [2.75, 3.05) is 7.11 Å². The first-order valence-electron chi connectivity index (χ1n) is 7.85. The van der Waals surface area contributed by atoms with Crippen LogP contribution >= 0.6 is 27.5 Å². The quantitative estimate of drug-likeness (QED) is 0.373. The molecule has 2 aromatic carbocycles. The topological polar surface area (TPSA) is 61.8 Å². The zero-order valence-electron chi connectivity index (χ0n) is 14.4. The molecule has 3 rings (SSSR count). The first kappa shape index (κ1) is 19.2. The average molecular weight is 450 g/mol. The molecule has 0 aliphatic carbocycles. The van der Waals surface area contributed by atoms with E-state index in [-0.39, 0.29) is 5.75 Å². The van der Waals surface area contributed by atoms with Crippen LogP contribution in [-0.2, 0) is 14.3 Å². The number of rotatable bonds is 4. The van der Waals surface area contributed by atoms with Crippen molar-refractivity contribution in [3.8, 4) is 11.5 Å². The molecule has 1 aliphatic heterocycles. The monoisotopic (exact) mass is 448 g/mol. The summed E-state index contributed by atoms with van der Waals surface area (Å²) in [5, 5.41) is 0.601. The predicted molar refractivity (Wildman–Crippen MR) is 106 cm³/mol. The van der Waals surface area contributed by atoms with Crippen molar-refractivity contribution in [2.45, 2.75) is 6.92 Å². The Labute approximate surface area is 169 Å². The van der Waals surface area contributed by atoms with Crippen molar-refractivity contribution < 1.29 is 23.8 Å². The molecular formula is C20H14BrClO5. The molecule has 0 radical (unpaired) electrons. The van der Waals surface area contributed by atoms with Crippen LogP contribution in [0.2, 0.25) is 5.02 Å². The number of esters is 2. The molecular weight excluding hydrogens is 436 g/mol. The van der Waals surface area contributed by atoms with Crippen LogP contribution in [0, 0.1) is 0 Å². The van der Waals surface area contributed by atoms with Gasteiger partial charge in [0, 0.05) is 17.5 Å². The minimum Gasteiger partial charge on any atom is -0.493 e. The molecule has 1 heterocycles. The molecule has 5 nitrogen and oxygen atoms in total. The smallest absolute Gasteiger partial charge is 0.343 e. The Bertz CT molecular complexity index is 977. The fraction of sp³-hybridized carbons (Fsp3) is 0.100. The van der Waals surface area contributed by atoms with Crippen molar-refractivity contribution in [1.82, 2.24) is 0 Å². The second-order valence-corrected chi connectivity index (χ2v) is 6.92. The van der Waals surface area contributed by atoms with Gasteiger partial charge >= 0.3 is 11.9 Å². The zero-order valence-corrected chi connectivity index (χ0v) is 16.8. The summed E-state index contributed by atoms with van der Waals surface area (Å²) in [6.45, 7) is 1.30. The van der Waals surface area contributed by atoms with Crippen LogP contribution in [0.25, 0.3) is 11.8 Å². The molecule has 0 unspecified atom stereocenters. The van der Waals surface area contributed by atoms with Crippen LogP contribution in [0.1, 0.15) is 18.1 Å². The highest BCUT2D eigenvalue weighted by molar-refractivity contribution is 9.10. The number of carbonyl (C=O) groups is 2. The largest absolute Gasteiger partial charge is 0.493 e. The summed E-state index contributed by atoms with van der Waals surface area (Å²) in [5.41, 5.74) is 1.81. The summed E-state index contributed by atoms with van der Waals surface area (Å²) in [6.07, 6.45) is 3.32. The van der Waals surface area contributed by atoms with E-state index in [1.807, 2.05) is 0 Å². The maximum absolute atomic E-state index is 12.2. The van der Waals surface area contributed by atoms with Crippen molar-refractivity contribution >= 4 is 51.3 Å². The van der Waals surface area contributed by atoms with Crippen LogP contribution < -0.4 is 9.47 Å². The number of hydrogen-bond donors (Lipinski definition) is 0. The van der Waals surface area contributed by atoms with E-state index in [0.29, 0.717) is 32.1 Å². The van der Waals surface area contributed by atoms with Crippen LogP contribution in [0.5, 0.6) is 11.5 Å². The lowest BCUT2D eigenvalue weighted by molar-refractivity contribution is -0.132. The normalized spacial score (nSPS) is 14.7. The Hall–Kier alpha value is -2.57. The fourth-order valence-corrected chi connectivity index (χ4v) is 3.16. The van der Waals surface area contributed by atoms with E-state index in [9.17, 15) is 9.59 Å². The highest BCUT2D eigenvalue weighted by Crippen LogP contribution is 2.38. The summed E-state index contributed by atoms with van der Waals surface area (Å²) in [4.78, 5) is 23.4. The molecule has 0 bridgehead atoms. The van der Waals surface area contributed by atoms with Crippen molar-refractivity contribution in [2.24, 2.45) is 0 Å². The lowest BCUT2D eigenvalue weighted by Crippen LogP contribution is -2.04. The predicted octanol–water partition coefficient (Wildman–Crippen LogP) is 5.02. The van der Waals surface area contributed by atoms with Gasteiger partial charge in [0.1, 0.15) is 5.76 Å². The lowest BCUT2D eigenvalue weighted by Gasteiger charge is -2.11. The second kappa shape index (κ2) is 7.98. The standard InChI is InChI=1S/C20H14BrClO5/c1-11(23)26-19-16(21)8-12(9-18(19)25-2)7-14-10-17(27-20(14)24)13-3-5-15(22)6-4-13/h3-10H,1-2H3/b14-7-. The molecule has 27 heavy (non-hydrogen) atoms. The Morgan fingerprint density at radius 1 is 1.22 bits per heavy atom. The minimum absolute atomic E-state index is 0.276. The summed E-state index contributed by atoms with van der Waals surface area (Å²) in [5.74, 6) is 0.165. The third-order valence-electron chi connectivity index (χ3n) is 3.67. The van der Waals surface area contributed by atoms with E-state index in [1.165, 1.54) is 14.0 Å². The van der Waals surface area contributed by atoms with E-state index >= 15 is 0 Å². The molecule has 0 saturated carbocycles. The zero-order chi connectivity index (χ0) is 19.6. The van der Waals surface area contributed by atoms with Crippen molar-refractivity contribution in [1.29, 1.82) is 0 Å². The Morgan fingerprint density at radius 2 is 1.93 bits per heavy atom. The first-order valence-corrected chi connectivity index (χ1v) is 9.02. The molecule has 138 valence electrons. The van der Waals surface area contributed by atoms with Crippen LogP contribution in [0.4, 0.5) is 0 Å². The summed E-state index contributed by atoms with van der Waals surface area (Å²) >= 11 is 9.24. The number of benzene rings is 2. The van der Waals surface area contributed by atoms with E-state index in [1.54, 1.807) is 48.6 Å². The number of cyclic esters (lactones) is 1. The van der Waals surface area contributed by atoms with Gasteiger partial charge in [0.15, 0.2) is 11.5 Å². The third-order valence-corrected chi connectivity index (χ3v) is 4.51. The number of methoxy groups -OCH3 is 1. The van der Waals surface area contributed by atoms with Gasteiger partial charge in [-0.2, -0.15) is 0 Å². The van der Waals surface area contributed by atoms with Gasteiger partial charge in [0.25, 0.3) is 0 Å². The van der Waals surface area contributed by atoms with Gasteiger partial charge in [-0.05, 0) is 70.0 Å². The molecule has 0 spiro atoms. The number of halogens is 2. The van der Waals surface area contributed by atoms with Gasteiger partial charge in [0.05, 0.1) is 17.2 Å². The Balaban J connectivity index is 1.96. The third kappa shape index (κ3) is 4.40. The van der Waals surface area contributed by atoms with Crippen molar-refractivity contribution in [3.63, 3.8) is 0 Å². The van der Waals surface area contributed by atoms with E-state index in [2.05, 4.69) is 15.9 Å². The molecule has 0 aromatic heterocycles. The average Bonchev–Trinajstić information content (AvgIpc) is 2.98. The summed E-state index contributed by atoms with van der Waals surface area (Å²) in [7, 11) is 1.47. The molecule has 2 aromatic rings. The van der Waals surface area contributed by atoms with Crippen LogP contribution in [0.3, 0.4) is 0 Å². The maximum Gasteiger partial charge on any atom is 0.343 e. The first-order chi connectivity index (χ1) is 12.9. The van der Waals surface area contributed by atoms with E-state index < -0.39 is 11.9 Å². The molecule has 0 N–H and O–H groups in total. The highest BCUT2D eigenvalue weighted by Gasteiger charge is 2.22. The van der Waals surface area contributed by atoms with Crippen molar-refractivity contribution in [3.05, 3.63) is 68.7 Å². The Kier molecular flexibility index (Phi) is 5.68. The number of hydrogen-bond acceptors (Lipinski definition) is 5. The molecule has 0 atom stereocenters. The van der Waals surface area contributed by atoms with Crippen LogP contribution in [-0.4, -0.2) is 19.0 Å². The van der Waals surface area contributed by atoms with Gasteiger partial charge in [-0.15, -0.1) is 0 Å². The highest BCUT2D eigenvalue weighted by atomic mass is 79.9. The van der Waals surface area contributed by atoms with E-state index in [4.69, 9.17) is 25.8 Å². The summed E-state index contributed by atoms with van der Waals surface area (Å²) < 4.78 is 16.3. The lowest BCUT2D eigenvalue weighted by atomic mass is 10.1. The van der Waals surface area contributed by atoms with Gasteiger partial charge in [-0.25, -0.2) is 4.79 Å². The molecule has 7 heteroatoms. The maximum atomic E-state index is 12.2. The number of ether oxygens (including phenoxy) is 3. The SMILES string of the molecule is COc1cc(/C=C2/C=C(c3ccc(Cl)cc3)OC2=O)cc(Br)c1OC(C)=O. The Morgan fingerprint density at radius 3 is 2.56 bits per heavy atom. The van der Waals surface area contributed by atoms with Gasteiger partial charge < -0.3 is 14.2 Å². The van der Waals surface area contributed by atoms with Crippen LogP contribution in [0.15, 0.2) is 52.5 Å². The minimum atomic E-state index is -0.463. The van der Waals surface area contributed by atoms with E-state index in [0.717, 1.165) is 5.56 Å². The molecule has 0 saturated heterocycles. The molecule has 0 fully saturated rings. The molecule has 1 aliphatic rings. The van der Waals surface area contributed by atoms with Gasteiger partial charge in [-0.3, -0.25) is 4.79 Å². The second-order valence-electron chi connectivity index (χ2n) is 5.63. The van der Waals surface area contributed by atoms with Gasteiger partial charge in [0.2, 0.25) is 0 Å². The fourth-order valence-electron chi connectivity index (χ4n) is 2.49. The van der Waals surface area contributed by atoms with Gasteiger partial charge in [-0.1, -0.05) is 11.6 Å².